The molecule has 43 heavy (non-hydrogen) atoms. The van der Waals surface area contributed by atoms with Crippen LogP contribution >= 0.6 is 0 Å². The molecule has 1 aromatic carbocycles. The van der Waals surface area contributed by atoms with Crippen molar-refractivity contribution in [3.8, 4) is 11.1 Å². The SMILES string of the molecule is C[C@@H](Nc1nn(C)c(=O)c2c(-c3ccc(C(F)(F)F)nc3)c(=O)n(N3CCOCC3)cc12)c1cccc(C(F)(F)F)c1F. The Morgan fingerprint density at radius 2 is 1.67 bits per heavy atom. The van der Waals surface area contributed by atoms with Crippen molar-refractivity contribution in [3.63, 3.8) is 0 Å². The van der Waals surface area contributed by atoms with Gasteiger partial charge in [-0.2, -0.15) is 31.4 Å². The number of hydrogen-bond donors (Lipinski definition) is 1. The number of nitrogens with zero attached hydrogens (tertiary/aromatic N) is 5. The van der Waals surface area contributed by atoms with Gasteiger partial charge in [0.25, 0.3) is 11.1 Å². The number of ether oxygens (including phenoxy) is 1. The molecule has 9 nitrogen and oxygen atoms in total. The lowest BCUT2D eigenvalue weighted by atomic mass is 10.0. The van der Waals surface area contributed by atoms with Crippen molar-refractivity contribution < 1.29 is 35.5 Å². The first-order valence-corrected chi connectivity index (χ1v) is 12.8. The van der Waals surface area contributed by atoms with Gasteiger partial charge in [-0.05, 0) is 19.1 Å². The van der Waals surface area contributed by atoms with E-state index in [-0.39, 0.29) is 59.6 Å². The van der Waals surface area contributed by atoms with Gasteiger partial charge in [0.1, 0.15) is 11.5 Å². The molecular formula is C27H23F7N6O3. The third-order valence-corrected chi connectivity index (χ3v) is 6.99. The Labute approximate surface area is 238 Å². The molecule has 1 fully saturated rings. The second kappa shape index (κ2) is 11.0. The number of benzene rings is 1. The Morgan fingerprint density at radius 1 is 0.977 bits per heavy atom. The highest BCUT2D eigenvalue weighted by atomic mass is 19.4. The van der Waals surface area contributed by atoms with E-state index >= 15 is 0 Å². The molecule has 228 valence electrons. The zero-order valence-electron chi connectivity index (χ0n) is 22.6. The largest absolute Gasteiger partial charge is 0.433 e. The highest BCUT2D eigenvalue weighted by Gasteiger charge is 2.36. The fraction of sp³-hybridized carbons (Fsp3) is 0.333. The van der Waals surface area contributed by atoms with E-state index in [0.717, 1.165) is 29.1 Å². The molecule has 0 aliphatic carbocycles. The lowest BCUT2D eigenvalue weighted by molar-refractivity contribution is -0.141. The van der Waals surface area contributed by atoms with Gasteiger partial charge in [0.05, 0.1) is 54.2 Å². The van der Waals surface area contributed by atoms with Crippen molar-refractivity contribution in [2.24, 2.45) is 7.05 Å². The average Bonchev–Trinajstić information content (AvgIpc) is 2.95. The molecule has 1 aliphatic heterocycles. The Morgan fingerprint density at radius 3 is 2.28 bits per heavy atom. The predicted octanol–water partition coefficient (Wildman–Crippen LogP) is 4.48. The summed E-state index contributed by atoms with van der Waals surface area (Å²) in [5.74, 6) is -1.59. The third kappa shape index (κ3) is 5.66. The summed E-state index contributed by atoms with van der Waals surface area (Å²) in [4.78, 5) is 30.7. The van der Waals surface area contributed by atoms with Crippen molar-refractivity contribution >= 4 is 16.6 Å². The molecule has 0 unspecified atom stereocenters. The Kier molecular flexibility index (Phi) is 7.66. The molecule has 0 saturated carbocycles. The number of rotatable bonds is 5. The van der Waals surface area contributed by atoms with Gasteiger partial charge in [0, 0.05) is 30.6 Å². The summed E-state index contributed by atoms with van der Waals surface area (Å²) in [6, 6.07) is 3.40. The minimum atomic E-state index is -4.94. The van der Waals surface area contributed by atoms with Gasteiger partial charge in [-0.25, -0.2) is 13.7 Å². The second-order valence-corrected chi connectivity index (χ2v) is 9.79. The first kappa shape index (κ1) is 30.0. The number of fused-ring (bicyclic) bond motifs is 1. The number of aromatic nitrogens is 4. The highest BCUT2D eigenvalue weighted by Crippen LogP contribution is 2.35. The first-order valence-electron chi connectivity index (χ1n) is 12.8. The Hall–Kier alpha value is -4.47. The number of nitrogens with one attached hydrogen (secondary N) is 1. The van der Waals surface area contributed by atoms with Crippen LogP contribution in [0, 0.1) is 5.82 Å². The fourth-order valence-electron chi connectivity index (χ4n) is 4.86. The number of anilines is 1. The van der Waals surface area contributed by atoms with Gasteiger partial charge in [-0.1, -0.05) is 18.2 Å². The van der Waals surface area contributed by atoms with Crippen molar-refractivity contribution in [2.45, 2.75) is 25.3 Å². The van der Waals surface area contributed by atoms with E-state index in [1.54, 1.807) is 5.01 Å². The molecule has 1 atom stereocenters. The Bertz CT molecular complexity index is 1790. The zero-order valence-corrected chi connectivity index (χ0v) is 22.6. The molecule has 0 amide bonds. The lowest BCUT2D eigenvalue weighted by Gasteiger charge is -2.31. The van der Waals surface area contributed by atoms with Gasteiger partial charge in [-0.15, -0.1) is 0 Å². The number of hydrogen-bond acceptors (Lipinski definition) is 7. The van der Waals surface area contributed by atoms with Gasteiger partial charge >= 0.3 is 12.4 Å². The maximum absolute atomic E-state index is 15.0. The zero-order chi connectivity index (χ0) is 31.3. The molecule has 5 rings (SSSR count). The summed E-state index contributed by atoms with van der Waals surface area (Å²) in [6.45, 7) is 2.41. The lowest BCUT2D eigenvalue weighted by Crippen LogP contribution is -2.49. The molecule has 1 aliphatic rings. The van der Waals surface area contributed by atoms with E-state index in [1.807, 2.05) is 0 Å². The third-order valence-electron chi connectivity index (χ3n) is 6.99. The maximum Gasteiger partial charge on any atom is 0.433 e. The number of halogens is 7. The second-order valence-electron chi connectivity index (χ2n) is 9.79. The highest BCUT2D eigenvalue weighted by molar-refractivity contribution is 6.00. The van der Waals surface area contributed by atoms with Crippen LogP contribution in [0.1, 0.15) is 29.8 Å². The van der Waals surface area contributed by atoms with Crippen molar-refractivity contribution in [1.29, 1.82) is 0 Å². The van der Waals surface area contributed by atoms with Crippen LogP contribution in [-0.2, 0) is 24.1 Å². The van der Waals surface area contributed by atoms with E-state index in [9.17, 15) is 40.3 Å². The van der Waals surface area contributed by atoms with E-state index in [2.05, 4.69) is 15.4 Å². The normalized spacial score (nSPS) is 15.1. The van der Waals surface area contributed by atoms with Crippen LogP contribution in [-0.4, -0.2) is 45.7 Å². The molecule has 1 N–H and O–H groups in total. The van der Waals surface area contributed by atoms with E-state index < -0.39 is 46.6 Å². The summed E-state index contributed by atoms with van der Waals surface area (Å²) in [7, 11) is 1.25. The molecule has 1 saturated heterocycles. The molecule has 16 heteroatoms. The quantitative estimate of drug-likeness (QED) is 0.333. The van der Waals surface area contributed by atoms with Crippen LogP contribution in [0.3, 0.4) is 0 Å². The first-order chi connectivity index (χ1) is 20.2. The van der Waals surface area contributed by atoms with Crippen LogP contribution < -0.4 is 21.4 Å². The van der Waals surface area contributed by atoms with Gasteiger partial charge < -0.3 is 15.1 Å². The van der Waals surface area contributed by atoms with Gasteiger partial charge in [0.2, 0.25) is 0 Å². The molecule has 3 aromatic heterocycles. The fourth-order valence-corrected chi connectivity index (χ4v) is 4.86. The van der Waals surface area contributed by atoms with Crippen molar-refractivity contribution in [2.75, 3.05) is 36.6 Å². The molecule has 0 spiro atoms. The van der Waals surface area contributed by atoms with E-state index in [4.69, 9.17) is 4.74 Å². The molecular weight excluding hydrogens is 589 g/mol. The summed E-state index contributed by atoms with van der Waals surface area (Å²) in [5, 5.41) is 8.42. The maximum atomic E-state index is 15.0. The van der Waals surface area contributed by atoms with Crippen LogP contribution in [0.4, 0.5) is 36.6 Å². The van der Waals surface area contributed by atoms with Crippen LogP contribution in [0.15, 0.2) is 52.3 Å². The van der Waals surface area contributed by atoms with Gasteiger partial charge in [-0.3, -0.25) is 14.6 Å². The molecule has 0 bridgehead atoms. The molecule has 4 aromatic rings. The smallest absolute Gasteiger partial charge is 0.378 e. The number of alkyl halides is 6. The summed E-state index contributed by atoms with van der Waals surface area (Å²) in [6.07, 6.45) is -7.57. The predicted molar refractivity (Wildman–Crippen MR) is 142 cm³/mol. The van der Waals surface area contributed by atoms with Gasteiger partial charge in [0.15, 0.2) is 5.82 Å². The average molecular weight is 613 g/mol. The summed E-state index contributed by atoms with van der Waals surface area (Å²) in [5.41, 5.74) is -4.88. The summed E-state index contributed by atoms with van der Waals surface area (Å²) < 4.78 is 102. The Balaban J connectivity index is 1.74. The van der Waals surface area contributed by atoms with Crippen LogP contribution in [0.2, 0.25) is 0 Å². The minimum Gasteiger partial charge on any atom is -0.378 e. The van der Waals surface area contributed by atoms with Crippen molar-refractivity contribution in [3.05, 3.63) is 86.1 Å². The monoisotopic (exact) mass is 612 g/mol. The molecule has 4 heterocycles. The van der Waals surface area contributed by atoms with E-state index in [1.165, 1.54) is 24.8 Å². The van der Waals surface area contributed by atoms with Crippen LogP contribution in [0.25, 0.3) is 21.9 Å². The summed E-state index contributed by atoms with van der Waals surface area (Å²) >= 11 is 0. The topological polar surface area (TPSA) is 94.3 Å². The van der Waals surface area contributed by atoms with Crippen molar-refractivity contribution in [1.82, 2.24) is 19.4 Å². The number of pyridine rings is 2. The van der Waals surface area contributed by atoms with E-state index in [0.29, 0.717) is 12.1 Å². The minimum absolute atomic E-state index is 0.0170. The number of aryl methyl sites for hydroxylation is 1. The molecule has 0 radical (unpaired) electrons. The standard InChI is InChI=1S/C27H23F7N6O3/c1-14(16-4-3-5-18(22(16)28)26(29,30)31)36-23-17-13-40(39-8-10-43-11-9-39)25(42)20(21(17)24(41)38(2)37-23)15-6-7-19(35-12-15)27(32,33)34/h3-7,12-14H,8-11H2,1-2H3,(H,36,37)/t14-/m1/s1. The number of morpholine rings is 1. The van der Waals surface area contributed by atoms with Crippen LogP contribution in [0.5, 0.6) is 0 Å².